The van der Waals surface area contributed by atoms with E-state index in [4.69, 9.17) is 11.6 Å². The van der Waals surface area contributed by atoms with Gasteiger partial charge in [-0.2, -0.15) is 0 Å². The predicted octanol–water partition coefficient (Wildman–Crippen LogP) is 2.43. The molecule has 0 spiro atoms. The summed E-state index contributed by atoms with van der Waals surface area (Å²) in [6.07, 6.45) is 0.751. The van der Waals surface area contributed by atoms with Gasteiger partial charge in [0.1, 0.15) is 6.04 Å². The Kier molecular flexibility index (Phi) is 4.04. The van der Waals surface area contributed by atoms with E-state index in [1.54, 1.807) is 6.07 Å². The highest BCUT2D eigenvalue weighted by atomic mass is 35.5. The van der Waals surface area contributed by atoms with Crippen molar-refractivity contribution in [3.05, 3.63) is 29.0 Å². The lowest BCUT2D eigenvalue weighted by molar-refractivity contribution is -0.138. The number of benzene rings is 1. The first-order valence-electron chi connectivity index (χ1n) is 6.09. The van der Waals surface area contributed by atoms with Crippen molar-refractivity contribution in [3.8, 4) is 0 Å². The van der Waals surface area contributed by atoms with Crippen molar-refractivity contribution in [1.82, 2.24) is 4.90 Å². The maximum absolute atomic E-state index is 13.7. The van der Waals surface area contributed by atoms with Crippen LogP contribution in [-0.2, 0) is 9.59 Å². The highest BCUT2D eigenvalue weighted by Crippen LogP contribution is 2.25. The van der Waals surface area contributed by atoms with E-state index in [1.165, 1.54) is 17.0 Å². The fraction of sp³-hybridized carbons (Fsp3) is 0.385. The number of anilines is 1. The third-order valence-corrected chi connectivity index (χ3v) is 3.26. The second-order valence-electron chi connectivity index (χ2n) is 4.39. The molecule has 6 heteroatoms. The minimum absolute atomic E-state index is 0.0211. The summed E-state index contributed by atoms with van der Waals surface area (Å²) < 4.78 is 13.7. The fourth-order valence-electron chi connectivity index (χ4n) is 2.06. The molecule has 1 aromatic rings. The van der Waals surface area contributed by atoms with Crippen LogP contribution in [-0.4, -0.2) is 29.3 Å². The number of imide groups is 1. The molecule has 1 saturated heterocycles. The lowest BCUT2D eigenvalue weighted by Crippen LogP contribution is -2.35. The Hall–Kier alpha value is -1.62. The summed E-state index contributed by atoms with van der Waals surface area (Å²) in [5.74, 6) is -1.16. The Bertz CT molecular complexity index is 521. The van der Waals surface area contributed by atoms with Crippen molar-refractivity contribution in [1.29, 1.82) is 0 Å². The molecule has 102 valence electrons. The number of halogens is 2. The number of rotatable bonds is 4. The molecule has 2 amide bonds. The van der Waals surface area contributed by atoms with E-state index in [0.29, 0.717) is 13.0 Å². The smallest absolute Gasteiger partial charge is 0.252 e. The van der Waals surface area contributed by atoms with Gasteiger partial charge in [0.05, 0.1) is 17.1 Å². The molecule has 0 aliphatic carbocycles. The second kappa shape index (κ2) is 5.57. The van der Waals surface area contributed by atoms with Crippen LogP contribution in [0.15, 0.2) is 18.2 Å². The van der Waals surface area contributed by atoms with Crippen molar-refractivity contribution in [2.24, 2.45) is 0 Å². The molecular formula is C13H14ClFN2O2. The van der Waals surface area contributed by atoms with Crippen molar-refractivity contribution in [2.75, 3.05) is 11.9 Å². The topological polar surface area (TPSA) is 49.4 Å². The Balaban J connectivity index is 2.14. The van der Waals surface area contributed by atoms with E-state index in [-0.39, 0.29) is 28.9 Å². The molecular weight excluding hydrogens is 271 g/mol. The van der Waals surface area contributed by atoms with Gasteiger partial charge in [-0.25, -0.2) is 4.39 Å². The van der Waals surface area contributed by atoms with Crippen LogP contribution < -0.4 is 5.32 Å². The molecule has 0 aromatic heterocycles. The van der Waals surface area contributed by atoms with Crippen molar-refractivity contribution >= 4 is 29.1 Å². The second-order valence-corrected chi connectivity index (χ2v) is 4.79. The van der Waals surface area contributed by atoms with Gasteiger partial charge in [0.15, 0.2) is 5.82 Å². The average molecular weight is 285 g/mol. The molecule has 1 aromatic carbocycles. The molecule has 0 radical (unpaired) electrons. The highest BCUT2D eigenvalue weighted by Gasteiger charge is 2.38. The molecule has 0 saturated carbocycles. The summed E-state index contributed by atoms with van der Waals surface area (Å²) in [5, 5.41) is 2.73. The maximum Gasteiger partial charge on any atom is 0.252 e. The standard InChI is InChI=1S/C13H14ClFN2O2/c1-2-6-17-11(18)7-10(13(17)19)16-9-5-3-4-8(14)12(9)15/h3-5,10,16H,2,6-7H2,1H3. The molecule has 1 unspecified atom stereocenters. The number of carbonyl (C=O) groups is 2. The van der Waals surface area contributed by atoms with Gasteiger partial charge in [-0.3, -0.25) is 14.5 Å². The van der Waals surface area contributed by atoms with E-state index in [9.17, 15) is 14.0 Å². The van der Waals surface area contributed by atoms with Crippen LogP contribution in [0, 0.1) is 5.82 Å². The molecule has 0 bridgehead atoms. The fourth-order valence-corrected chi connectivity index (χ4v) is 2.23. The van der Waals surface area contributed by atoms with E-state index < -0.39 is 11.9 Å². The largest absolute Gasteiger partial charge is 0.371 e. The van der Waals surface area contributed by atoms with Gasteiger partial charge < -0.3 is 5.32 Å². The van der Waals surface area contributed by atoms with Gasteiger partial charge >= 0.3 is 0 Å². The van der Waals surface area contributed by atoms with Crippen LogP contribution in [0.5, 0.6) is 0 Å². The van der Waals surface area contributed by atoms with Gasteiger partial charge in [-0.05, 0) is 18.6 Å². The molecule has 1 heterocycles. The lowest BCUT2D eigenvalue weighted by Gasteiger charge is -2.15. The zero-order valence-electron chi connectivity index (χ0n) is 10.5. The molecule has 4 nitrogen and oxygen atoms in total. The molecule has 1 N–H and O–H groups in total. The average Bonchev–Trinajstić information content (AvgIpc) is 2.63. The van der Waals surface area contributed by atoms with Crippen molar-refractivity contribution in [2.45, 2.75) is 25.8 Å². The van der Waals surface area contributed by atoms with E-state index in [2.05, 4.69) is 5.32 Å². The Morgan fingerprint density at radius 2 is 2.21 bits per heavy atom. The number of likely N-dealkylation sites (tertiary alicyclic amines) is 1. The SMILES string of the molecule is CCCN1C(=O)CC(Nc2cccc(Cl)c2F)C1=O. The summed E-state index contributed by atoms with van der Waals surface area (Å²) >= 11 is 5.67. The summed E-state index contributed by atoms with van der Waals surface area (Å²) in [7, 11) is 0. The Morgan fingerprint density at radius 1 is 1.47 bits per heavy atom. The number of amides is 2. The third-order valence-electron chi connectivity index (χ3n) is 2.97. The van der Waals surface area contributed by atoms with Crippen LogP contribution in [0.1, 0.15) is 19.8 Å². The Morgan fingerprint density at radius 3 is 2.89 bits per heavy atom. The number of hydrogen-bond donors (Lipinski definition) is 1. The van der Waals surface area contributed by atoms with E-state index in [0.717, 1.165) is 0 Å². The molecule has 1 fully saturated rings. The molecule has 1 aliphatic heterocycles. The first kappa shape index (κ1) is 13.8. The number of nitrogens with zero attached hydrogens (tertiary/aromatic N) is 1. The first-order valence-corrected chi connectivity index (χ1v) is 6.47. The van der Waals surface area contributed by atoms with Crippen LogP contribution in [0.2, 0.25) is 5.02 Å². The molecule has 19 heavy (non-hydrogen) atoms. The normalized spacial score (nSPS) is 19.1. The number of carbonyl (C=O) groups excluding carboxylic acids is 2. The van der Waals surface area contributed by atoms with Crippen LogP contribution in [0.3, 0.4) is 0 Å². The van der Waals surface area contributed by atoms with Crippen LogP contribution in [0.4, 0.5) is 10.1 Å². The molecule has 2 rings (SSSR count). The third kappa shape index (κ3) is 2.71. The maximum atomic E-state index is 13.7. The minimum Gasteiger partial charge on any atom is -0.371 e. The van der Waals surface area contributed by atoms with Crippen molar-refractivity contribution in [3.63, 3.8) is 0 Å². The first-order chi connectivity index (χ1) is 9.04. The molecule has 1 atom stereocenters. The van der Waals surface area contributed by atoms with E-state index >= 15 is 0 Å². The van der Waals surface area contributed by atoms with Gasteiger partial charge in [0.25, 0.3) is 5.91 Å². The van der Waals surface area contributed by atoms with Crippen molar-refractivity contribution < 1.29 is 14.0 Å². The van der Waals surface area contributed by atoms with E-state index in [1.807, 2.05) is 6.92 Å². The van der Waals surface area contributed by atoms with Gasteiger partial charge in [0.2, 0.25) is 5.91 Å². The highest BCUT2D eigenvalue weighted by molar-refractivity contribution is 6.31. The molecule has 1 aliphatic rings. The quantitative estimate of drug-likeness (QED) is 0.864. The minimum atomic E-state index is -0.716. The summed E-state index contributed by atoms with van der Waals surface area (Å²) in [4.78, 5) is 24.9. The zero-order valence-corrected chi connectivity index (χ0v) is 11.2. The monoisotopic (exact) mass is 284 g/mol. The van der Waals surface area contributed by atoms with Crippen LogP contribution >= 0.6 is 11.6 Å². The summed E-state index contributed by atoms with van der Waals surface area (Å²) in [5.41, 5.74) is 0.136. The van der Waals surface area contributed by atoms with Gasteiger partial charge in [-0.1, -0.05) is 24.6 Å². The van der Waals surface area contributed by atoms with Gasteiger partial charge in [0, 0.05) is 6.54 Å². The number of nitrogens with one attached hydrogen (secondary N) is 1. The summed E-state index contributed by atoms with van der Waals surface area (Å²) in [6, 6.07) is 3.78. The van der Waals surface area contributed by atoms with Gasteiger partial charge in [-0.15, -0.1) is 0 Å². The zero-order chi connectivity index (χ0) is 14.0. The van der Waals surface area contributed by atoms with Crippen LogP contribution in [0.25, 0.3) is 0 Å². The lowest BCUT2D eigenvalue weighted by atomic mass is 10.2. The predicted molar refractivity (Wildman–Crippen MR) is 70.4 cm³/mol. The Labute approximate surface area is 115 Å². The number of hydrogen-bond acceptors (Lipinski definition) is 3. The summed E-state index contributed by atoms with van der Waals surface area (Å²) in [6.45, 7) is 2.28.